The molecule has 2 heterocycles. The normalized spacial score (nSPS) is 31.1. The molecule has 2 aliphatic carbocycles. The zero-order chi connectivity index (χ0) is 21.8. The summed E-state index contributed by atoms with van der Waals surface area (Å²) in [4.78, 5) is 20.5. The Balaban J connectivity index is 1.56. The van der Waals surface area contributed by atoms with Crippen LogP contribution < -0.4 is 16.4 Å². The van der Waals surface area contributed by atoms with E-state index in [0.29, 0.717) is 17.7 Å². The van der Waals surface area contributed by atoms with Gasteiger partial charge in [-0.2, -0.15) is 4.98 Å². The van der Waals surface area contributed by atoms with E-state index in [1.54, 1.807) is 24.3 Å². The van der Waals surface area contributed by atoms with Gasteiger partial charge in [-0.05, 0) is 54.7 Å². The lowest BCUT2D eigenvalue weighted by atomic mass is 9.77. The minimum Gasteiger partial charge on any atom is -0.369 e. The number of hydrogen-bond donors (Lipinski definition) is 3. The van der Waals surface area contributed by atoms with E-state index in [1.165, 1.54) is 0 Å². The van der Waals surface area contributed by atoms with Gasteiger partial charge in [-0.25, -0.2) is 17.8 Å². The van der Waals surface area contributed by atoms with Crippen molar-refractivity contribution in [3.63, 3.8) is 0 Å². The van der Waals surface area contributed by atoms with E-state index in [1.807, 2.05) is 0 Å². The number of carbonyl (C=O) groups is 1. The molecule has 2 aromatic rings. The average Bonchev–Trinajstić information content (AvgIpc) is 3.26. The van der Waals surface area contributed by atoms with Gasteiger partial charge in [-0.1, -0.05) is 12.1 Å². The molecule has 164 valence electrons. The molecule has 1 aromatic carbocycles. The van der Waals surface area contributed by atoms with Crippen LogP contribution in [0.3, 0.4) is 0 Å². The van der Waals surface area contributed by atoms with E-state index >= 15 is 0 Å². The number of nitrogens with one attached hydrogen (secondary N) is 2. The molecule has 4 N–H and O–H groups in total. The first-order valence-electron chi connectivity index (χ1n) is 10.4. The van der Waals surface area contributed by atoms with E-state index < -0.39 is 27.5 Å². The number of primary amides is 1. The number of sulfone groups is 1. The van der Waals surface area contributed by atoms with Gasteiger partial charge in [0.15, 0.2) is 21.5 Å². The van der Waals surface area contributed by atoms with Crippen molar-refractivity contribution in [2.24, 2.45) is 29.4 Å². The van der Waals surface area contributed by atoms with Gasteiger partial charge in [-0.3, -0.25) is 4.79 Å². The van der Waals surface area contributed by atoms with E-state index in [2.05, 4.69) is 20.6 Å². The first-order valence-corrected chi connectivity index (χ1v) is 12.3. The topological polar surface area (TPSA) is 127 Å². The summed E-state index contributed by atoms with van der Waals surface area (Å²) in [6, 6.07) is 6.64. The maximum absolute atomic E-state index is 14.5. The third-order valence-electron chi connectivity index (χ3n) is 6.89. The Labute approximate surface area is 179 Å². The van der Waals surface area contributed by atoms with Crippen LogP contribution in [0.15, 0.2) is 30.5 Å². The molecule has 0 spiro atoms. The monoisotopic (exact) mass is 445 g/mol. The smallest absolute Gasteiger partial charge is 0.229 e. The lowest BCUT2D eigenvalue weighted by Crippen LogP contribution is -2.45. The van der Waals surface area contributed by atoms with Crippen LogP contribution in [0.25, 0.3) is 0 Å². The first kappa shape index (κ1) is 20.2. The molecular formula is C21H24FN5O3S. The second-order valence-electron chi connectivity index (χ2n) is 8.85. The summed E-state index contributed by atoms with van der Waals surface area (Å²) in [7, 11) is -3.30. The molecule has 6 bridgehead atoms. The van der Waals surface area contributed by atoms with Crippen molar-refractivity contribution in [3.05, 3.63) is 41.8 Å². The fourth-order valence-corrected chi connectivity index (χ4v) is 7.14. The maximum Gasteiger partial charge on any atom is 0.229 e. The number of fused-ring (bicyclic) bond motifs is 5. The Hall–Kier alpha value is -2.75. The maximum atomic E-state index is 14.5. The van der Waals surface area contributed by atoms with Gasteiger partial charge < -0.3 is 16.4 Å². The van der Waals surface area contributed by atoms with Crippen LogP contribution in [-0.4, -0.2) is 36.1 Å². The van der Waals surface area contributed by atoms with Crippen LogP contribution in [0.5, 0.6) is 0 Å². The molecule has 1 amide bonds. The van der Waals surface area contributed by atoms with Crippen LogP contribution in [0.1, 0.15) is 24.8 Å². The van der Waals surface area contributed by atoms with Gasteiger partial charge in [-0.15, -0.1) is 0 Å². The van der Waals surface area contributed by atoms with Crippen molar-refractivity contribution in [3.8, 4) is 0 Å². The van der Waals surface area contributed by atoms with Gasteiger partial charge in [0, 0.05) is 11.7 Å². The number of nitrogens with zero attached hydrogens (tertiary/aromatic N) is 2. The summed E-state index contributed by atoms with van der Waals surface area (Å²) >= 11 is 0. The minimum atomic E-state index is -3.30. The van der Waals surface area contributed by atoms with Crippen LogP contribution in [0.4, 0.5) is 21.8 Å². The molecule has 5 rings (SSSR count). The second-order valence-corrected chi connectivity index (χ2v) is 11.0. The number of halogens is 1. The number of benzene rings is 1. The van der Waals surface area contributed by atoms with Crippen LogP contribution in [-0.2, 0) is 20.4 Å². The molecule has 1 aliphatic heterocycles. The molecule has 3 aliphatic rings. The van der Waals surface area contributed by atoms with E-state index in [-0.39, 0.29) is 47.1 Å². The summed E-state index contributed by atoms with van der Waals surface area (Å²) in [6.07, 6.45) is 3.13. The molecular weight excluding hydrogens is 421 g/mol. The van der Waals surface area contributed by atoms with E-state index in [4.69, 9.17) is 5.73 Å². The number of nitrogens with two attached hydrogens (primary N) is 1. The summed E-state index contributed by atoms with van der Waals surface area (Å²) in [5.74, 6) is -1.02. The average molecular weight is 446 g/mol. The van der Waals surface area contributed by atoms with Crippen LogP contribution in [0.2, 0.25) is 0 Å². The van der Waals surface area contributed by atoms with E-state index in [0.717, 1.165) is 19.0 Å². The Morgan fingerprint density at radius 1 is 1.23 bits per heavy atom. The summed E-state index contributed by atoms with van der Waals surface area (Å²) in [6.45, 7) is 0. The molecule has 0 saturated heterocycles. The fraction of sp³-hybridized carbons (Fsp3) is 0.476. The summed E-state index contributed by atoms with van der Waals surface area (Å²) < 4.78 is 40.1. The number of hydrogen-bond acceptors (Lipinski definition) is 7. The van der Waals surface area contributed by atoms with Crippen molar-refractivity contribution in [1.29, 1.82) is 0 Å². The predicted octanol–water partition coefficient (Wildman–Crippen LogP) is 2.22. The SMILES string of the molecule is NC(=O)C1C2CC3CCS(=O)(=O)Cc4cccc(c4)Nc4ncc(F)c(n4)NC1C3C2. The van der Waals surface area contributed by atoms with Crippen molar-refractivity contribution in [1.82, 2.24) is 9.97 Å². The van der Waals surface area contributed by atoms with Gasteiger partial charge in [0.1, 0.15) is 0 Å². The second kappa shape index (κ2) is 7.44. The Morgan fingerprint density at radius 3 is 2.87 bits per heavy atom. The summed E-state index contributed by atoms with van der Waals surface area (Å²) in [5, 5.41) is 6.13. The Morgan fingerprint density at radius 2 is 2.06 bits per heavy atom. The largest absolute Gasteiger partial charge is 0.369 e. The molecule has 0 radical (unpaired) electrons. The van der Waals surface area contributed by atoms with Crippen LogP contribution >= 0.6 is 0 Å². The number of aromatic nitrogens is 2. The quantitative estimate of drug-likeness (QED) is 0.614. The zero-order valence-electron chi connectivity index (χ0n) is 16.8. The standard InChI is InChI=1S/C21H24FN5O3S/c22-16-9-24-21-25-14-3-1-2-11(6-14)10-31(29,30)5-4-12-7-13-8-15(12)18(17(13)19(23)28)26-20(16)27-21/h1-3,6,9,12-13,15,17-18H,4-5,7-8,10H2,(H2,23,28)(H2,24,25,26,27). The zero-order valence-corrected chi connectivity index (χ0v) is 17.6. The Kier molecular flexibility index (Phi) is 4.84. The van der Waals surface area contributed by atoms with E-state index in [9.17, 15) is 17.6 Å². The van der Waals surface area contributed by atoms with Crippen molar-refractivity contribution in [2.45, 2.75) is 31.1 Å². The van der Waals surface area contributed by atoms with Crippen LogP contribution in [0, 0.1) is 29.5 Å². The highest BCUT2D eigenvalue weighted by molar-refractivity contribution is 7.90. The lowest BCUT2D eigenvalue weighted by molar-refractivity contribution is -0.123. The third kappa shape index (κ3) is 3.84. The molecule has 2 saturated carbocycles. The first-order chi connectivity index (χ1) is 14.8. The molecule has 1 aromatic heterocycles. The number of anilines is 3. The predicted molar refractivity (Wildman–Crippen MR) is 114 cm³/mol. The Bertz CT molecular complexity index is 1140. The molecule has 10 heteroatoms. The highest BCUT2D eigenvalue weighted by Crippen LogP contribution is 2.53. The molecule has 2 fully saturated rings. The third-order valence-corrected chi connectivity index (χ3v) is 8.52. The molecule has 5 unspecified atom stereocenters. The molecule has 8 nitrogen and oxygen atoms in total. The number of amides is 1. The van der Waals surface area contributed by atoms with Crippen molar-refractivity contribution < 1.29 is 17.6 Å². The number of rotatable bonds is 1. The fourth-order valence-electron chi connectivity index (χ4n) is 5.64. The van der Waals surface area contributed by atoms with Crippen molar-refractivity contribution in [2.75, 3.05) is 16.4 Å². The van der Waals surface area contributed by atoms with Gasteiger partial charge in [0.2, 0.25) is 11.9 Å². The molecule has 5 atom stereocenters. The van der Waals surface area contributed by atoms with Gasteiger partial charge in [0.05, 0.1) is 23.6 Å². The van der Waals surface area contributed by atoms with Gasteiger partial charge in [0.25, 0.3) is 0 Å². The van der Waals surface area contributed by atoms with Crippen molar-refractivity contribution >= 4 is 33.2 Å². The highest BCUT2D eigenvalue weighted by atomic mass is 32.2. The number of carbonyl (C=O) groups excluding carboxylic acids is 1. The highest BCUT2D eigenvalue weighted by Gasteiger charge is 2.54. The molecule has 31 heavy (non-hydrogen) atoms. The lowest BCUT2D eigenvalue weighted by Gasteiger charge is -2.35. The summed E-state index contributed by atoms with van der Waals surface area (Å²) in [5.41, 5.74) is 6.96. The minimum absolute atomic E-state index is 0.0127. The van der Waals surface area contributed by atoms with Gasteiger partial charge >= 0.3 is 0 Å².